The maximum absolute atomic E-state index is 12.0. The molecular weight excluding hydrogens is 280 g/mol. The summed E-state index contributed by atoms with van der Waals surface area (Å²) in [6.07, 6.45) is 4.49. The van der Waals surface area contributed by atoms with Gasteiger partial charge in [-0.1, -0.05) is 19.4 Å². The number of carbonyl (C=O) groups excluding carboxylic acids is 1. The molecule has 1 fully saturated rings. The number of pyridine rings is 1. The van der Waals surface area contributed by atoms with Gasteiger partial charge in [-0.15, -0.1) is 10.2 Å². The highest BCUT2D eigenvalue weighted by molar-refractivity contribution is 5.88. The number of fused-ring (bicyclic) bond motifs is 1. The molecule has 0 amide bonds. The molecule has 1 aliphatic heterocycles. The van der Waals surface area contributed by atoms with E-state index in [1.54, 1.807) is 12.1 Å². The Balaban J connectivity index is 1.95. The van der Waals surface area contributed by atoms with Crippen molar-refractivity contribution < 1.29 is 9.53 Å². The van der Waals surface area contributed by atoms with E-state index in [-0.39, 0.29) is 5.97 Å². The van der Waals surface area contributed by atoms with E-state index < -0.39 is 0 Å². The maximum atomic E-state index is 12.0. The molecule has 1 unspecified atom stereocenters. The van der Waals surface area contributed by atoms with Crippen molar-refractivity contribution in [3.8, 4) is 0 Å². The zero-order chi connectivity index (χ0) is 15.5. The molecule has 22 heavy (non-hydrogen) atoms. The lowest BCUT2D eigenvalue weighted by atomic mass is 9.99. The third-order valence-electron chi connectivity index (χ3n) is 4.46. The second kappa shape index (κ2) is 6.44. The lowest BCUT2D eigenvalue weighted by Gasteiger charge is -2.34. The van der Waals surface area contributed by atoms with Gasteiger partial charge in [0.15, 0.2) is 5.65 Å². The van der Waals surface area contributed by atoms with Crippen LogP contribution in [0.1, 0.15) is 42.5 Å². The number of ether oxygens (including phenoxy) is 1. The standard InChI is InChI=1S/C16H22N4O2/c1-3-19-10-5-4-7-12(19)11-15-18-17-14-9-6-8-13(20(14)15)16(21)22-2/h6,8-9,12H,3-5,7,10-11H2,1-2H3. The van der Waals surface area contributed by atoms with E-state index >= 15 is 0 Å². The highest BCUT2D eigenvalue weighted by atomic mass is 16.5. The van der Waals surface area contributed by atoms with Gasteiger partial charge in [0.1, 0.15) is 11.5 Å². The molecule has 0 saturated carbocycles. The highest BCUT2D eigenvalue weighted by Gasteiger charge is 2.24. The molecule has 118 valence electrons. The van der Waals surface area contributed by atoms with Crippen LogP contribution in [0.4, 0.5) is 0 Å². The summed E-state index contributed by atoms with van der Waals surface area (Å²) in [7, 11) is 1.39. The zero-order valence-corrected chi connectivity index (χ0v) is 13.2. The predicted molar refractivity (Wildman–Crippen MR) is 82.9 cm³/mol. The summed E-state index contributed by atoms with van der Waals surface area (Å²) >= 11 is 0. The van der Waals surface area contributed by atoms with Gasteiger partial charge in [-0.05, 0) is 38.1 Å². The SMILES string of the molecule is CCN1CCCCC1Cc1nnc2cccc(C(=O)OC)n12. The number of esters is 1. The molecule has 0 spiro atoms. The van der Waals surface area contributed by atoms with Gasteiger partial charge in [-0.3, -0.25) is 4.40 Å². The number of methoxy groups -OCH3 is 1. The van der Waals surface area contributed by atoms with Crippen LogP contribution in [0.2, 0.25) is 0 Å². The van der Waals surface area contributed by atoms with Crippen LogP contribution in [0, 0.1) is 0 Å². The van der Waals surface area contributed by atoms with Crippen LogP contribution in [0.3, 0.4) is 0 Å². The second-order valence-corrected chi connectivity index (χ2v) is 5.69. The first kappa shape index (κ1) is 15.0. The number of nitrogens with zero attached hydrogens (tertiary/aromatic N) is 4. The Hall–Kier alpha value is -1.95. The molecule has 0 aromatic carbocycles. The smallest absolute Gasteiger partial charge is 0.355 e. The summed E-state index contributed by atoms with van der Waals surface area (Å²) in [6.45, 7) is 4.38. The van der Waals surface area contributed by atoms with Crippen LogP contribution < -0.4 is 0 Å². The fraction of sp³-hybridized carbons (Fsp3) is 0.562. The van der Waals surface area contributed by atoms with E-state index in [4.69, 9.17) is 4.74 Å². The van der Waals surface area contributed by atoms with Gasteiger partial charge >= 0.3 is 5.97 Å². The van der Waals surface area contributed by atoms with Gasteiger partial charge in [0.25, 0.3) is 0 Å². The number of likely N-dealkylation sites (N-methyl/N-ethyl adjacent to an activating group) is 1. The Morgan fingerprint density at radius 2 is 2.23 bits per heavy atom. The monoisotopic (exact) mass is 302 g/mol. The van der Waals surface area contributed by atoms with Crippen molar-refractivity contribution >= 4 is 11.6 Å². The average molecular weight is 302 g/mol. The van der Waals surface area contributed by atoms with E-state index in [2.05, 4.69) is 22.0 Å². The Bertz CT molecular complexity index is 667. The van der Waals surface area contributed by atoms with Gasteiger partial charge in [-0.25, -0.2) is 4.79 Å². The van der Waals surface area contributed by atoms with E-state index in [1.165, 1.54) is 26.4 Å². The van der Waals surface area contributed by atoms with Crippen LogP contribution in [0.15, 0.2) is 18.2 Å². The summed E-state index contributed by atoms with van der Waals surface area (Å²) in [5, 5.41) is 8.51. The number of hydrogen-bond acceptors (Lipinski definition) is 5. The maximum Gasteiger partial charge on any atom is 0.355 e. The zero-order valence-electron chi connectivity index (χ0n) is 13.2. The first-order valence-corrected chi connectivity index (χ1v) is 7.90. The fourth-order valence-corrected chi connectivity index (χ4v) is 3.32. The molecule has 0 bridgehead atoms. The summed E-state index contributed by atoms with van der Waals surface area (Å²) in [6, 6.07) is 5.89. The van der Waals surface area contributed by atoms with Gasteiger partial charge in [0.2, 0.25) is 0 Å². The largest absolute Gasteiger partial charge is 0.464 e. The number of aromatic nitrogens is 3. The summed E-state index contributed by atoms with van der Waals surface area (Å²) in [5.74, 6) is 0.476. The van der Waals surface area contributed by atoms with E-state index in [0.717, 1.165) is 25.3 Å². The fourth-order valence-electron chi connectivity index (χ4n) is 3.32. The third kappa shape index (κ3) is 2.70. The van der Waals surface area contributed by atoms with Crippen molar-refractivity contribution in [2.24, 2.45) is 0 Å². The van der Waals surface area contributed by atoms with E-state index in [0.29, 0.717) is 17.4 Å². The Morgan fingerprint density at radius 1 is 1.36 bits per heavy atom. The highest BCUT2D eigenvalue weighted by Crippen LogP contribution is 2.21. The minimum absolute atomic E-state index is 0.359. The molecule has 0 N–H and O–H groups in total. The van der Waals surface area contributed by atoms with Crippen molar-refractivity contribution in [1.29, 1.82) is 0 Å². The minimum Gasteiger partial charge on any atom is -0.464 e. The first-order chi connectivity index (χ1) is 10.7. The van der Waals surface area contributed by atoms with Crippen LogP contribution in [0.25, 0.3) is 5.65 Å². The average Bonchev–Trinajstić information content (AvgIpc) is 2.98. The van der Waals surface area contributed by atoms with Crippen LogP contribution in [0.5, 0.6) is 0 Å². The molecule has 6 heteroatoms. The van der Waals surface area contributed by atoms with Crippen LogP contribution in [-0.4, -0.2) is 51.7 Å². The molecule has 0 radical (unpaired) electrons. The number of hydrogen-bond donors (Lipinski definition) is 0. The third-order valence-corrected chi connectivity index (χ3v) is 4.46. The molecule has 0 aliphatic carbocycles. The number of rotatable bonds is 4. The van der Waals surface area contributed by atoms with Crippen LogP contribution >= 0.6 is 0 Å². The number of piperidine rings is 1. The van der Waals surface area contributed by atoms with Crippen molar-refractivity contribution in [1.82, 2.24) is 19.5 Å². The Labute approximate surface area is 130 Å². The van der Waals surface area contributed by atoms with Crippen molar-refractivity contribution in [2.75, 3.05) is 20.2 Å². The van der Waals surface area contributed by atoms with Crippen molar-refractivity contribution in [2.45, 2.75) is 38.6 Å². The molecule has 2 aromatic heterocycles. The van der Waals surface area contributed by atoms with Gasteiger partial charge in [0, 0.05) is 12.5 Å². The lowest BCUT2D eigenvalue weighted by molar-refractivity contribution is 0.0591. The summed E-state index contributed by atoms with van der Waals surface area (Å²) in [5.41, 5.74) is 1.18. The molecule has 1 saturated heterocycles. The van der Waals surface area contributed by atoms with Crippen molar-refractivity contribution in [3.63, 3.8) is 0 Å². The quantitative estimate of drug-likeness (QED) is 0.808. The predicted octanol–water partition coefficient (Wildman–Crippen LogP) is 1.93. The van der Waals surface area contributed by atoms with Crippen molar-refractivity contribution in [3.05, 3.63) is 29.7 Å². The van der Waals surface area contributed by atoms with Gasteiger partial charge in [-0.2, -0.15) is 0 Å². The topological polar surface area (TPSA) is 59.7 Å². The molecule has 6 nitrogen and oxygen atoms in total. The first-order valence-electron chi connectivity index (χ1n) is 7.90. The van der Waals surface area contributed by atoms with E-state index in [1.807, 2.05) is 10.5 Å². The Morgan fingerprint density at radius 3 is 3.00 bits per heavy atom. The molecular formula is C16H22N4O2. The number of likely N-dealkylation sites (tertiary alicyclic amines) is 1. The van der Waals surface area contributed by atoms with E-state index in [9.17, 15) is 4.79 Å². The normalized spacial score (nSPS) is 19.5. The van der Waals surface area contributed by atoms with Gasteiger partial charge < -0.3 is 9.64 Å². The van der Waals surface area contributed by atoms with Crippen LogP contribution in [-0.2, 0) is 11.2 Å². The Kier molecular flexibility index (Phi) is 4.38. The number of carbonyl (C=O) groups is 1. The molecule has 1 atom stereocenters. The second-order valence-electron chi connectivity index (χ2n) is 5.69. The molecule has 3 heterocycles. The molecule has 2 aromatic rings. The van der Waals surface area contributed by atoms with Gasteiger partial charge in [0.05, 0.1) is 7.11 Å². The minimum atomic E-state index is -0.359. The summed E-state index contributed by atoms with van der Waals surface area (Å²) in [4.78, 5) is 14.5. The molecule has 1 aliphatic rings. The molecule has 3 rings (SSSR count). The lowest BCUT2D eigenvalue weighted by Crippen LogP contribution is -2.41. The summed E-state index contributed by atoms with van der Waals surface area (Å²) < 4.78 is 6.70.